The van der Waals surface area contributed by atoms with Crippen LogP contribution in [0.3, 0.4) is 0 Å². The predicted octanol–water partition coefficient (Wildman–Crippen LogP) is 7.06. The van der Waals surface area contributed by atoms with Gasteiger partial charge in [-0.15, -0.1) is 11.3 Å². The van der Waals surface area contributed by atoms with Gasteiger partial charge in [-0.1, -0.05) is 50.8 Å². The Balaban J connectivity index is 1.70. The number of hydrogen-bond donors (Lipinski definition) is 1. The summed E-state index contributed by atoms with van der Waals surface area (Å²) in [7, 11) is 0. The van der Waals surface area contributed by atoms with Gasteiger partial charge in [0, 0.05) is 28.6 Å². The number of rotatable bonds is 6. The van der Waals surface area contributed by atoms with Crippen LogP contribution in [0.25, 0.3) is 28.0 Å². The summed E-state index contributed by atoms with van der Waals surface area (Å²) in [6.45, 7) is 15.4. The summed E-state index contributed by atoms with van der Waals surface area (Å²) in [5, 5.41) is 5.68. The van der Waals surface area contributed by atoms with Crippen molar-refractivity contribution in [2.75, 3.05) is 18.4 Å². The summed E-state index contributed by atoms with van der Waals surface area (Å²) in [4.78, 5) is 3.76. The van der Waals surface area contributed by atoms with Crippen molar-refractivity contribution in [3.63, 3.8) is 0 Å². The van der Waals surface area contributed by atoms with Crippen molar-refractivity contribution in [3.8, 4) is 22.3 Å². The van der Waals surface area contributed by atoms with Crippen LogP contribution < -0.4 is 5.32 Å². The second-order valence-corrected chi connectivity index (χ2v) is 8.83. The molecule has 2 aromatic carbocycles. The number of nitrogens with zero attached hydrogens (tertiary/aromatic N) is 1. The fourth-order valence-corrected chi connectivity index (χ4v) is 5.38. The SMILES string of the molecule is C=C1Nc2ccc(C)c(-c3ccc(CC(C)N(CC)CC)cc3)c2-c2ccsc21. The van der Waals surface area contributed by atoms with E-state index in [0.29, 0.717) is 6.04 Å². The number of thiophene rings is 1. The lowest BCUT2D eigenvalue weighted by molar-refractivity contribution is 0.230. The van der Waals surface area contributed by atoms with E-state index in [1.807, 2.05) is 0 Å². The maximum atomic E-state index is 4.21. The molecule has 1 atom stereocenters. The van der Waals surface area contributed by atoms with Crippen molar-refractivity contribution < 1.29 is 0 Å². The van der Waals surface area contributed by atoms with Crippen LogP contribution in [0.1, 0.15) is 36.8 Å². The van der Waals surface area contributed by atoms with Crippen LogP contribution in [0.4, 0.5) is 5.69 Å². The van der Waals surface area contributed by atoms with Crippen LogP contribution in [-0.4, -0.2) is 24.0 Å². The van der Waals surface area contributed by atoms with Crippen molar-refractivity contribution in [3.05, 3.63) is 70.4 Å². The number of aryl methyl sites for hydroxylation is 1. The summed E-state index contributed by atoms with van der Waals surface area (Å²) in [5.41, 5.74) is 10.1. The van der Waals surface area contributed by atoms with E-state index in [1.54, 1.807) is 11.3 Å². The number of hydrogen-bond acceptors (Lipinski definition) is 3. The Bertz CT molecular complexity index is 1030. The van der Waals surface area contributed by atoms with E-state index in [-0.39, 0.29) is 0 Å². The van der Waals surface area contributed by atoms with Crippen molar-refractivity contribution >= 4 is 22.7 Å². The zero-order valence-corrected chi connectivity index (χ0v) is 18.7. The Morgan fingerprint density at radius 1 is 1.00 bits per heavy atom. The van der Waals surface area contributed by atoms with Crippen LogP contribution in [0, 0.1) is 6.92 Å². The molecule has 2 nitrogen and oxygen atoms in total. The maximum absolute atomic E-state index is 4.21. The van der Waals surface area contributed by atoms with Gasteiger partial charge in [-0.2, -0.15) is 0 Å². The van der Waals surface area contributed by atoms with E-state index in [1.165, 1.54) is 38.3 Å². The largest absolute Gasteiger partial charge is 0.354 e. The Labute approximate surface area is 178 Å². The van der Waals surface area contributed by atoms with Gasteiger partial charge >= 0.3 is 0 Å². The monoisotopic (exact) mass is 402 g/mol. The molecule has 29 heavy (non-hydrogen) atoms. The molecule has 1 aliphatic rings. The highest BCUT2D eigenvalue weighted by Gasteiger charge is 2.24. The third-order valence-electron chi connectivity index (χ3n) is 6.12. The molecule has 0 saturated carbocycles. The second-order valence-electron chi connectivity index (χ2n) is 7.92. The van der Waals surface area contributed by atoms with Crippen LogP contribution in [0.15, 0.2) is 54.4 Å². The average Bonchev–Trinajstić information content (AvgIpc) is 3.21. The second kappa shape index (κ2) is 8.17. The molecule has 0 bridgehead atoms. The maximum Gasteiger partial charge on any atom is 0.0578 e. The molecule has 2 heterocycles. The molecule has 1 N–H and O–H groups in total. The topological polar surface area (TPSA) is 15.3 Å². The molecule has 1 aliphatic heterocycles. The van der Waals surface area contributed by atoms with Gasteiger partial charge in [-0.05, 0) is 73.1 Å². The molecule has 0 amide bonds. The predicted molar refractivity (Wildman–Crippen MR) is 129 cm³/mol. The molecular formula is C26H30N2S. The van der Waals surface area contributed by atoms with Crippen molar-refractivity contribution in [2.45, 2.75) is 40.2 Å². The molecule has 0 aliphatic carbocycles. The van der Waals surface area contributed by atoms with Crippen molar-refractivity contribution in [1.82, 2.24) is 4.90 Å². The Morgan fingerprint density at radius 3 is 2.41 bits per heavy atom. The van der Waals surface area contributed by atoms with E-state index in [9.17, 15) is 0 Å². The Hall–Kier alpha value is -2.36. The van der Waals surface area contributed by atoms with Gasteiger partial charge in [-0.25, -0.2) is 0 Å². The zero-order valence-electron chi connectivity index (χ0n) is 17.9. The van der Waals surface area contributed by atoms with E-state index in [2.05, 4.69) is 92.3 Å². The lowest BCUT2D eigenvalue weighted by Gasteiger charge is -2.26. The van der Waals surface area contributed by atoms with E-state index in [0.717, 1.165) is 30.9 Å². The fourth-order valence-electron chi connectivity index (χ4n) is 4.55. The van der Waals surface area contributed by atoms with Gasteiger partial charge < -0.3 is 10.2 Å². The number of anilines is 1. The van der Waals surface area contributed by atoms with Gasteiger partial charge in [0.15, 0.2) is 0 Å². The first kappa shape index (κ1) is 19.9. The summed E-state index contributed by atoms with van der Waals surface area (Å²) < 4.78 is 0. The molecule has 0 radical (unpaired) electrons. The van der Waals surface area contributed by atoms with E-state index in [4.69, 9.17) is 0 Å². The van der Waals surface area contributed by atoms with Crippen LogP contribution in [-0.2, 0) is 6.42 Å². The highest BCUT2D eigenvalue weighted by molar-refractivity contribution is 7.11. The van der Waals surface area contributed by atoms with Gasteiger partial charge in [-0.3, -0.25) is 0 Å². The summed E-state index contributed by atoms with van der Waals surface area (Å²) in [6.07, 6.45) is 1.09. The zero-order chi connectivity index (χ0) is 20.5. The number of nitrogens with one attached hydrogen (secondary N) is 1. The smallest absolute Gasteiger partial charge is 0.0578 e. The highest BCUT2D eigenvalue weighted by Crippen LogP contribution is 2.48. The number of benzene rings is 2. The fraction of sp³-hybridized carbons (Fsp3) is 0.308. The van der Waals surface area contributed by atoms with E-state index >= 15 is 0 Å². The first-order chi connectivity index (χ1) is 14.0. The highest BCUT2D eigenvalue weighted by atomic mass is 32.1. The summed E-state index contributed by atoms with van der Waals surface area (Å²) >= 11 is 1.76. The molecule has 4 rings (SSSR count). The Kier molecular flexibility index (Phi) is 5.62. The van der Waals surface area contributed by atoms with Crippen LogP contribution >= 0.6 is 11.3 Å². The molecule has 1 aromatic heterocycles. The van der Waals surface area contributed by atoms with Gasteiger partial charge in [0.25, 0.3) is 0 Å². The first-order valence-corrected chi connectivity index (χ1v) is 11.4. The quantitative estimate of drug-likeness (QED) is 0.475. The van der Waals surface area contributed by atoms with Gasteiger partial charge in [0.1, 0.15) is 0 Å². The van der Waals surface area contributed by atoms with Crippen LogP contribution in [0.5, 0.6) is 0 Å². The molecule has 150 valence electrons. The third-order valence-corrected chi connectivity index (χ3v) is 7.09. The van der Waals surface area contributed by atoms with Gasteiger partial charge in [0.05, 0.1) is 4.88 Å². The molecule has 0 spiro atoms. The van der Waals surface area contributed by atoms with E-state index < -0.39 is 0 Å². The molecule has 3 heteroatoms. The van der Waals surface area contributed by atoms with Crippen LogP contribution in [0.2, 0.25) is 0 Å². The Morgan fingerprint density at radius 2 is 1.72 bits per heavy atom. The lowest BCUT2D eigenvalue weighted by atomic mass is 9.87. The molecular weight excluding hydrogens is 372 g/mol. The summed E-state index contributed by atoms with van der Waals surface area (Å²) in [5.74, 6) is 0. The summed E-state index contributed by atoms with van der Waals surface area (Å²) in [6, 6.07) is 16.4. The van der Waals surface area contributed by atoms with Crippen molar-refractivity contribution in [1.29, 1.82) is 0 Å². The van der Waals surface area contributed by atoms with Crippen molar-refractivity contribution in [2.24, 2.45) is 0 Å². The van der Waals surface area contributed by atoms with Gasteiger partial charge in [0.2, 0.25) is 0 Å². The molecule has 1 unspecified atom stereocenters. The molecule has 3 aromatic rings. The standard InChI is InChI=1S/C26H30N2S/c1-6-28(7-2)18(4)16-20-9-11-21(12-10-20)24-17(3)8-13-23-25(24)22-14-15-29-26(22)19(5)27-23/h8-15,18,27H,5-7,16H2,1-4H3. The molecule has 0 saturated heterocycles. The minimum atomic E-state index is 0.561. The lowest BCUT2D eigenvalue weighted by Crippen LogP contribution is -2.34. The third kappa shape index (κ3) is 3.65. The number of likely N-dealkylation sites (N-methyl/N-ethyl adjacent to an activating group) is 1. The number of fused-ring (bicyclic) bond motifs is 3. The average molecular weight is 403 g/mol. The first-order valence-electron chi connectivity index (χ1n) is 10.5. The minimum Gasteiger partial charge on any atom is -0.354 e. The minimum absolute atomic E-state index is 0.561. The molecule has 0 fully saturated rings. The normalized spacial score (nSPS) is 13.8.